The maximum Gasteiger partial charge on any atom is 0.180 e. The molecule has 0 saturated carbocycles. The molecule has 0 fully saturated rings. The van der Waals surface area contributed by atoms with E-state index in [1.54, 1.807) is 0 Å². The van der Waals surface area contributed by atoms with Crippen LogP contribution in [0, 0.1) is 0 Å². The first-order valence-electron chi connectivity index (χ1n) is 16.6. The third-order valence-electron chi connectivity index (χ3n) is 9.93. The fraction of sp³-hybridized carbons (Fsp3) is 0. The molecule has 2 heteroatoms. The molecule has 0 atom stereocenters. The van der Waals surface area contributed by atoms with E-state index in [4.69, 9.17) is 0 Å². The average Bonchev–Trinajstić information content (AvgIpc) is 3.47. The molecule has 9 rings (SSSR count). The van der Waals surface area contributed by atoms with Gasteiger partial charge in [-0.1, -0.05) is 170 Å². The molecule has 0 aromatic heterocycles. The highest BCUT2D eigenvalue weighted by molar-refractivity contribution is 7.22. The van der Waals surface area contributed by atoms with Crippen molar-refractivity contribution in [1.29, 1.82) is 0 Å². The number of benzene rings is 8. The minimum absolute atomic E-state index is 1.07. The van der Waals surface area contributed by atoms with Gasteiger partial charge < -0.3 is 5.32 Å². The summed E-state index contributed by atoms with van der Waals surface area (Å²) in [5, 5.41) is 12.0. The molecule has 0 unspecified atom stereocenters. The van der Waals surface area contributed by atoms with Gasteiger partial charge in [-0.2, -0.15) is 0 Å². The highest BCUT2D eigenvalue weighted by Crippen LogP contribution is 2.37. The minimum Gasteiger partial charge on any atom is -0.356 e. The van der Waals surface area contributed by atoms with Gasteiger partial charge in [0.25, 0.3) is 0 Å². The van der Waals surface area contributed by atoms with Crippen LogP contribution in [0.5, 0.6) is 0 Å². The molecule has 1 aliphatic heterocycles. The molecular formula is C46H33NSi. The molecule has 0 amide bonds. The first-order chi connectivity index (χ1) is 23.8. The standard InChI is InChI=1S/C46H33NSi/c1-3-14-33(15-4-1)40-24-11-16-35-17-12-25-41(46(35)40)34-28-30-36(31-29-34)47-37-18-13-21-39(32-37)48(38-19-5-2-6-20-38)44-26-9-7-22-42(44)43-23-8-10-27-45(43)48/h1-32,47H. The van der Waals surface area contributed by atoms with Crippen molar-refractivity contribution in [2.24, 2.45) is 0 Å². The normalized spacial score (nSPS) is 12.8. The van der Waals surface area contributed by atoms with Crippen LogP contribution in [0.15, 0.2) is 194 Å². The maximum atomic E-state index is 3.76. The Labute approximate surface area is 282 Å². The summed E-state index contributed by atoms with van der Waals surface area (Å²) in [6.45, 7) is 0. The maximum absolute atomic E-state index is 3.76. The van der Waals surface area contributed by atoms with E-state index in [0.717, 1.165) is 11.4 Å². The first kappa shape index (κ1) is 28.3. The summed E-state index contributed by atoms with van der Waals surface area (Å²) in [6.07, 6.45) is 0. The van der Waals surface area contributed by atoms with Crippen molar-refractivity contribution in [2.45, 2.75) is 0 Å². The summed E-state index contributed by atoms with van der Waals surface area (Å²) in [6, 6.07) is 71.2. The lowest BCUT2D eigenvalue weighted by Crippen LogP contribution is -2.72. The van der Waals surface area contributed by atoms with Crippen LogP contribution in [-0.4, -0.2) is 8.07 Å². The zero-order valence-corrected chi connectivity index (χ0v) is 27.5. The highest BCUT2D eigenvalue weighted by atomic mass is 28.3. The minimum atomic E-state index is -2.53. The second kappa shape index (κ2) is 11.7. The Morgan fingerprint density at radius 3 is 1.48 bits per heavy atom. The first-order valence-corrected chi connectivity index (χ1v) is 18.6. The summed E-state index contributed by atoms with van der Waals surface area (Å²) in [5.74, 6) is 0. The van der Waals surface area contributed by atoms with Crippen molar-refractivity contribution in [2.75, 3.05) is 5.32 Å². The second-order valence-corrected chi connectivity index (χ2v) is 16.3. The zero-order chi connectivity index (χ0) is 31.9. The molecule has 8 aromatic rings. The van der Waals surface area contributed by atoms with Crippen molar-refractivity contribution in [3.8, 4) is 33.4 Å². The van der Waals surface area contributed by atoms with E-state index in [-0.39, 0.29) is 0 Å². The van der Waals surface area contributed by atoms with Gasteiger partial charge in [0.05, 0.1) is 0 Å². The van der Waals surface area contributed by atoms with E-state index in [9.17, 15) is 0 Å². The average molecular weight is 628 g/mol. The van der Waals surface area contributed by atoms with Crippen LogP contribution in [0.2, 0.25) is 0 Å². The Morgan fingerprint density at radius 1 is 0.333 bits per heavy atom. The Kier molecular flexibility index (Phi) is 6.88. The molecule has 48 heavy (non-hydrogen) atoms. The molecule has 0 spiro atoms. The lowest BCUT2D eigenvalue weighted by Gasteiger charge is -2.31. The van der Waals surface area contributed by atoms with Crippen molar-refractivity contribution in [3.63, 3.8) is 0 Å². The lowest BCUT2D eigenvalue weighted by molar-refractivity contribution is 1.55. The molecule has 0 aliphatic carbocycles. The largest absolute Gasteiger partial charge is 0.356 e. The third-order valence-corrected chi connectivity index (χ3v) is 14.8. The van der Waals surface area contributed by atoms with Crippen molar-refractivity contribution >= 4 is 51.0 Å². The number of hydrogen-bond acceptors (Lipinski definition) is 1. The van der Waals surface area contributed by atoms with E-state index in [2.05, 4.69) is 199 Å². The van der Waals surface area contributed by atoms with E-state index in [0.29, 0.717) is 0 Å². The highest BCUT2D eigenvalue weighted by Gasteiger charge is 2.48. The summed E-state index contributed by atoms with van der Waals surface area (Å²) < 4.78 is 0. The van der Waals surface area contributed by atoms with Crippen LogP contribution in [-0.2, 0) is 0 Å². The Bertz CT molecular complexity index is 2360. The van der Waals surface area contributed by atoms with Gasteiger partial charge in [-0.3, -0.25) is 0 Å². The number of fused-ring (bicyclic) bond motifs is 4. The van der Waals surface area contributed by atoms with Gasteiger partial charge >= 0.3 is 0 Å². The number of nitrogens with one attached hydrogen (secondary N) is 1. The summed E-state index contributed by atoms with van der Waals surface area (Å²) in [7, 11) is -2.53. The van der Waals surface area contributed by atoms with Gasteiger partial charge in [0, 0.05) is 11.4 Å². The summed E-state index contributed by atoms with van der Waals surface area (Å²) >= 11 is 0. The Morgan fingerprint density at radius 2 is 0.833 bits per heavy atom. The quantitative estimate of drug-likeness (QED) is 0.181. The predicted octanol–water partition coefficient (Wildman–Crippen LogP) is 9.28. The third kappa shape index (κ3) is 4.53. The molecule has 0 bridgehead atoms. The molecule has 0 saturated heterocycles. The smallest absolute Gasteiger partial charge is 0.180 e. The van der Waals surface area contributed by atoms with E-state index in [1.807, 2.05) is 0 Å². The Hall–Kier alpha value is -5.96. The second-order valence-electron chi connectivity index (χ2n) is 12.6. The topological polar surface area (TPSA) is 12.0 Å². The van der Waals surface area contributed by atoms with Crippen molar-refractivity contribution in [1.82, 2.24) is 0 Å². The van der Waals surface area contributed by atoms with Gasteiger partial charge in [-0.05, 0) is 89.2 Å². The fourth-order valence-electron chi connectivity index (χ4n) is 7.88. The van der Waals surface area contributed by atoms with Crippen LogP contribution < -0.4 is 26.1 Å². The van der Waals surface area contributed by atoms with Crippen LogP contribution in [0.4, 0.5) is 11.4 Å². The van der Waals surface area contributed by atoms with Gasteiger partial charge in [0.15, 0.2) is 8.07 Å². The van der Waals surface area contributed by atoms with Crippen LogP contribution in [0.25, 0.3) is 44.2 Å². The monoisotopic (exact) mass is 627 g/mol. The lowest BCUT2D eigenvalue weighted by atomic mass is 9.91. The molecular weight excluding hydrogens is 595 g/mol. The van der Waals surface area contributed by atoms with Gasteiger partial charge in [0.2, 0.25) is 0 Å². The van der Waals surface area contributed by atoms with Crippen molar-refractivity contribution in [3.05, 3.63) is 194 Å². The Balaban J connectivity index is 1.11. The van der Waals surface area contributed by atoms with E-state index in [1.165, 1.54) is 64.9 Å². The van der Waals surface area contributed by atoms with Gasteiger partial charge in [-0.15, -0.1) is 0 Å². The van der Waals surface area contributed by atoms with Crippen molar-refractivity contribution < 1.29 is 0 Å². The van der Waals surface area contributed by atoms with E-state index >= 15 is 0 Å². The molecule has 1 heterocycles. The van der Waals surface area contributed by atoms with Crippen LogP contribution in [0.3, 0.4) is 0 Å². The molecule has 0 radical (unpaired) electrons. The molecule has 1 N–H and O–H groups in total. The predicted molar refractivity (Wildman–Crippen MR) is 207 cm³/mol. The number of hydrogen-bond donors (Lipinski definition) is 1. The molecule has 1 nitrogen and oxygen atoms in total. The molecule has 1 aliphatic rings. The molecule has 8 aromatic carbocycles. The molecule has 226 valence electrons. The van der Waals surface area contributed by atoms with Gasteiger partial charge in [-0.25, -0.2) is 0 Å². The van der Waals surface area contributed by atoms with Gasteiger partial charge in [0.1, 0.15) is 0 Å². The summed E-state index contributed by atoms with van der Waals surface area (Å²) in [4.78, 5) is 0. The van der Waals surface area contributed by atoms with Crippen LogP contribution >= 0.6 is 0 Å². The summed E-state index contributed by atoms with van der Waals surface area (Å²) in [5.41, 5.74) is 9.84. The number of rotatable bonds is 6. The zero-order valence-electron chi connectivity index (χ0n) is 26.5. The number of anilines is 2. The van der Waals surface area contributed by atoms with Crippen LogP contribution in [0.1, 0.15) is 0 Å². The fourth-order valence-corrected chi connectivity index (χ4v) is 13.1. The SMILES string of the molecule is c1ccc(-c2cccc3cccc(-c4ccc(Nc5cccc([Si]6(c7ccccc7)c7ccccc7-c7ccccc76)c5)cc4)c23)cc1. The van der Waals surface area contributed by atoms with E-state index < -0.39 is 8.07 Å².